The van der Waals surface area contributed by atoms with Crippen LogP contribution in [0.4, 0.5) is 5.69 Å². The number of carboxylic acids is 1. The number of nitrogens with two attached hydrogens (primary N) is 1. The highest BCUT2D eigenvalue weighted by Gasteiger charge is 2.13. The number of para-hydroxylation sites is 1. The second kappa shape index (κ2) is 8.81. The van der Waals surface area contributed by atoms with E-state index in [4.69, 9.17) is 15.0 Å². The number of benzene rings is 2. The van der Waals surface area contributed by atoms with Gasteiger partial charge in [-0.2, -0.15) is 5.26 Å². The van der Waals surface area contributed by atoms with Crippen LogP contribution in [0.15, 0.2) is 59.0 Å². The van der Waals surface area contributed by atoms with Crippen LogP contribution >= 0.6 is 0 Å². The Labute approximate surface area is 160 Å². The highest BCUT2D eigenvalue weighted by Crippen LogP contribution is 2.21. The van der Waals surface area contributed by atoms with Crippen molar-refractivity contribution in [3.63, 3.8) is 0 Å². The quantitative estimate of drug-likeness (QED) is 0.466. The van der Waals surface area contributed by atoms with Gasteiger partial charge in [0.1, 0.15) is 17.4 Å². The van der Waals surface area contributed by atoms with Gasteiger partial charge in [0, 0.05) is 11.3 Å². The van der Waals surface area contributed by atoms with Gasteiger partial charge in [-0.3, -0.25) is 4.79 Å². The number of carboxylic acid groups (broad SMARTS) is 1. The highest BCUT2D eigenvalue weighted by molar-refractivity contribution is 7.89. The van der Waals surface area contributed by atoms with Gasteiger partial charge in [0.25, 0.3) is 5.91 Å². The molecule has 0 aliphatic rings. The number of primary sulfonamides is 1. The number of ether oxygens (including phenoxy) is 1. The van der Waals surface area contributed by atoms with Crippen LogP contribution in [0.5, 0.6) is 5.75 Å². The van der Waals surface area contributed by atoms with Crippen LogP contribution in [0.3, 0.4) is 0 Å². The number of hydrogen-bond donors (Lipinski definition) is 3. The lowest BCUT2D eigenvalue weighted by Gasteiger charge is -2.08. The standard InChI is InChI=1S/C18H15N3O6S/c19-10-13(9-12-3-1-2-4-16(12)27-11-17(22)23)18(24)21-14-5-7-15(8-6-14)28(20,25)26/h1-9H,11H2,(H,21,24)(H,22,23)(H2,20,25,26)/b13-9+. The third kappa shape index (κ3) is 5.66. The molecule has 2 aromatic rings. The van der Waals surface area contributed by atoms with Crippen LogP contribution in [-0.2, 0) is 19.6 Å². The number of nitrogens with one attached hydrogen (secondary N) is 1. The Balaban J connectivity index is 2.22. The van der Waals surface area contributed by atoms with Gasteiger partial charge >= 0.3 is 5.97 Å². The minimum atomic E-state index is -3.86. The van der Waals surface area contributed by atoms with Gasteiger partial charge in [0.2, 0.25) is 10.0 Å². The number of carbonyl (C=O) groups is 2. The Morgan fingerprint density at radius 3 is 2.39 bits per heavy atom. The molecule has 0 radical (unpaired) electrons. The Morgan fingerprint density at radius 1 is 1.18 bits per heavy atom. The normalized spacial score (nSPS) is 11.4. The smallest absolute Gasteiger partial charge is 0.341 e. The summed E-state index contributed by atoms with van der Waals surface area (Å²) in [5, 5.41) is 25.5. The van der Waals surface area contributed by atoms with Gasteiger partial charge < -0.3 is 15.2 Å². The number of anilines is 1. The molecule has 0 bridgehead atoms. The lowest BCUT2D eigenvalue weighted by molar-refractivity contribution is -0.139. The molecule has 0 fully saturated rings. The molecule has 2 rings (SSSR count). The van der Waals surface area contributed by atoms with E-state index in [0.717, 1.165) is 0 Å². The van der Waals surface area contributed by atoms with Gasteiger partial charge in [0.05, 0.1) is 4.90 Å². The van der Waals surface area contributed by atoms with Crippen molar-refractivity contribution in [2.45, 2.75) is 4.90 Å². The average Bonchev–Trinajstić information content (AvgIpc) is 2.64. The van der Waals surface area contributed by atoms with E-state index in [1.54, 1.807) is 24.3 Å². The van der Waals surface area contributed by atoms with Crippen molar-refractivity contribution in [3.8, 4) is 11.8 Å². The lowest BCUT2D eigenvalue weighted by Crippen LogP contribution is -2.15. The van der Waals surface area contributed by atoms with Crippen molar-refractivity contribution >= 4 is 33.7 Å². The fourth-order valence-electron chi connectivity index (χ4n) is 2.10. The molecular formula is C18H15N3O6S. The lowest BCUT2D eigenvalue weighted by atomic mass is 10.1. The maximum Gasteiger partial charge on any atom is 0.341 e. The van der Waals surface area contributed by atoms with Gasteiger partial charge in [-0.1, -0.05) is 18.2 Å². The number of carbonyl (C=O) groups excluding carboxylic acids is 1. The molecular weight excluding hydrogens is 386 g/mol. The summed E-state index contributed by atoms with van der Waals surface area (Å²) in [6.07, 6.45) is 1.26. The number of amides is 1. The number of hydrogen-bond acceptors (Lipinski definition) is 6. The maximum absolute atomic E-state index is 12.3. The largest absolute Gasteiger partial charge is 0.481 e. The monoisotopic (exact) mass is 401 g/mol. The van der Waals surface area contributed by atoms with Gasteiger partial charge in [0.15, 0.2) is 6.61 Å². The zero-order chi connectivity index (χ0) is 20.7. The summed E-state index contributed by atoms with van der Waals surface area (Å²) in [5.41, 5.74) is 0.343. The van der Waals surface area contributed by atoms with Crippen LogP contribution in [0.1, 0.15) is 5.56 Å². The van der Waals surface area contributed by atoms with Gasteiger partial charge in [-0.25, -0.2) is 18.4 Å². The minimum Gasteiger partial charge on any atom is -0.481 e. The fourth-order valence-corrected chi connectivity index (χ4v) is 2.62. The summed E-state index contributed by atoms with van der Waals surface area (Å²) in [5.74, 6) is -1.71. The second-order valence-corrected chi connectivity index (χ2v) is 6.97. The van der Waals surface area contributed by atoms with Crippen molar-refractivity contribution in [1.82, 2.24) is 0 Å². The first-order valence-electron chi connectivity index (χ1n) is 7.70. The minimum absolute atomic E-state index is 0.119. The first-order valence-corrected chi connectivity index (χ1v) is 9.25. The molecule has 0 aromatic heterocycles. The van der Waals surface area contributed by atoms with E-state index >= 15 is 0 Å². The van der Waals surface area contributed by atoms with Crippen LogP contribution < -0.4 is 15.2 Å². The molecule has 28 heavy (non-hydrogen) atoms. The van der Waals surface area contributed by atoms with Crippen LogP contribution in [0, 0.1) is 11.3 Å². The average molecular weight is 401 g/mol. The topological polar surface area (TPSA) is 160 Å². The molecule has 1 amide bonds. The van der Waals surface area contributed by atoms with Crippen LogP contribution in [0.2, 0.25) is 0 Å². The molecule has 0 spiro atoms. The van der Waals surface area contributed by atoms with Crippen molar-refractivity contribution in [3.05, 3.63) is 59.7 Å². The molecule has 2 aromatic carbocycles. The summed E-state index contributed by atoms with van der Waals surface area (Å²) in [7, 11) is -3.86. The van der Waals surface area contributed by atoms with Crippen molar-refractivity contribution in [2.24, 2.45) is 5.14 Å². The van der Waals surface area contributed by atoms with E-state index in [2.05, 4.69) is 5.32 Å². The highest BCUT2D eigenvalue weighted by atomic mass is 32.2. The first kappa shape index (κ1) is 20.6. The Hall–Kier alpha value is -3.68. The molecule has 4 N–H and O–H groups in total. The van der Waals surface area contributed by atoms with Crippen LogP contribution in [0.25, 0.3) is 6.08 Å². The van der Waals surface area contributed by atoms with Crippen molar-refractivity contribution in [2.75, 3.05) is 11.9 Å². The van der Waals surface area contributed by atoms with Gasteiger partial charge in [-0.05, 0) is 36.4 Å². The third-order valence-electron chi connectivity index (χ3n) is 3.38. The second-order valence-electron chi connectivity index (χ2n) is 5.41. The summed E-state index contributed by atoms with van der Waals surface area (Å²) in [6, 6.07) is 13.2. The van der Waals surface area contributed by atoms with E-state index in [1.807, 2.05) is 0 Å². The molecule has 10 heteroatoms. The Bertz CT molecular complexity index is 1070. The summed E-state index contributed by atoms with van der Waals surface area (Å²) >= 11 is 0. The molecule has 0 aliphatic carbocycles. The number of aliphatic carboxylic acids is 1. The van der Waals surface area contributed by atoms with Crippen molar-refractivity contribution in [1.29, 1.82) is 5.26 Å². The number of sulfonamides is 1. The molecule has 0 saturated carbocycles. The Morgan fingerprint density at radius 2 is 1.82 bits per heavy atom. The molecule has 0 heterocycles. The predicted octanol–water partition coefficient (Wildman–Crippen LogP) is 1.34. The zero-order valence-electron chi connectivity index (χ0n) is 14.3. The molecule has 0 unspecified atom stereocenters. The van der Waals surface area contributed by atoms with Crippen LogP contribution in [-0.4, -0.2) is 32.0 Å². The predicted molar refractivity (Wildman–Crippen MR) is 99.6 cm³/mol. The van der Waals surface area contributed by atoms with Gasteiger partial charge in [-0.15, -0.1) is 0 Å². The number of nitrogens with zero attached hydrogens (tertiary/aromatic N) is 1. The fraction of sp³-hybridized carbons (Fsp3) is 0.0556. The Kier molecular flexibility index (Phi) is 6.49. The van der Waals surface area contributed by atoms with E-state index in [0.29, 0.717) is 5.56 Å². The maximum atomic E-state index is 12.3. The van der Waals surface area contributed by atoms with E-state index in [1.165, 1.54) is 36.4 Å². The SMILES string of the molecule is N#C/C(=C\c1ccccc1OCC(=O)O)C(=O)Nc1ccc(S(N)(=O)=O)cc1. The molecule has 144 valence electrons. The van der Waals surface area contributed by atoms with Crippen molar-refractivity contribution < 1.29 is 27.9 Å². The zero-order valence-corrected chi connectivity index (χ0v) is 15.1. The molecule has 0 atom stereocenters. The first-order chi connectivity index (χ1) is 13.2. The number of rotatable bonds is 7. The molecule has 0 saturated heterocycles. The molecule has 0 aliphatic heterocycles. The number of nitriles is 1. The van der Waals surface area contributed by atoms with E-state index in [-0.39, 0.29) is 21.9 Å². The van der Waals surface area contributed by atoms with E-state index in [9.17, 15) is 23.3 Å². The summed E-state index contributed by atoms with van der Waals surface area (Å²) < 4.78 is 27.6. The summed E-state index contributed by atoms with van der Waals surface area (Å²) in [4.78, 5) is 22.9. The third-order valence-corrected chi connectivity index (χ3v) is 4.31. The van der Waals surface area contributed by atoms with E-state index < -0.39 is 28.5 Å². The molecule has 9 nitrogen and oxygen atoms in total. The summed E-state index contributed by atoms with van der Waals surface area (Å²) in [6.45, 7) is -0.574.